The summed E-state index contributed by atoms with van der Waals surface area (Å²) in [7, 11) is 0. The van der Waals surface area contributed by atoms with Crippen molar-refractivity contribution in [2.24, 2.45) is 0 Å². The molecule has 1 aliphatic rings. The van der Waals surface area contributed by atoms with Crippen LogP contribution in [0.25, 0.3) is 10.6 Å². The lowest BCUT2D eigenvalue weighted by Gasteiger charge is -2.25. The maximum atomic E-state index is 11.3. The van der Waals surface area contributed by atoms with Gasteiger partial charge >= 0.3 is 0 Å². The van der Waals surface area contributed by atoms with Gasteiger partial charge < -0.3 is 5.32 Å². The molecule has 2 aromatic rings. The van der Waals surface area contributed by atoms with Crippen LogP contribution in [0.1, 0.15) is 5.69 Å². The van der Waals surface area contributed by atoms with Gasteiger partial charge in [-0.3, -0.25) is 9.69 Å². The summed E-state index contributed by atoms with van der Waals surface area (Å²) in [5, 5.41) is 5.95. The summed E-state index contributed by atoms with van der Waals surface area (Å²) in [4.78, 5) is 18.1. The molecule has 1 N–H and O–H groups in total. The molecule has 0 spiro atoms. The van der Waals surface area contributed by atoms with Crippen molar-refractivity contribution in [2.45, 2.75) is 6.54 Å². The van der Waals surface area contributed by atoms with Gasteiger partial charge in [0.05, 0.1) is 12.2 Å². The van der Waals surface area contributed by atoms with Crippen LogP contribution in [0.3, 0.4) is 0 Å². The van der Waals surface area contributed by atoms with E-state index in [1.165, 1.54) is 0 Å². The first-order valence-electron chi connectivity index (χ1n) is 6.30. The van der Waals surface area contributed by atoms with Crippen molar-refractivity contribution in [1.82, 2.24) is 15.2 Å². The number of nitrogens with one attached hydrogen (secondary N) is 1. The van der Waals surface area contributed by atoms with Crippen molar-refractivity contribution < 1.29 is 4.79 Å². The molecule has 1 saturated heterocycles. The Kier molecular flexibility index (Phi) is 3.57. The molecular weight excluding hydrogens is 258 g/mol. The van der Waals surface area contributed by atoms with Gasteiger partial charge in [-0.1, -0.05) is 30.3 Å². The van der Waals surface area contributed by atoms with E-state index in [1.807, 2.05) is 18.2 Å². The third-order valence-corrected chi connectivity index (χ3v) is 4.02. The Balaban J connectivity index is 1.70. The van der Waals surface area contributed by atoms with E-state index in [0.29, 0.717) is 6.54 Å². The lowest BCUT2D eigenvalue weighted by atomic mass is 10.2. The van der Waals surface area contributed by atoms with E-state index in [-0.39, 0.29) is 5.91 Å². The molecule has 1 aromatic heterocycles. The van der Waals surface area contributed by atoms with E-state index in [0.717, 1.165) is 35.9 Å². The molecule has 0 atom stereocenters. The highest BCUT2D eigenvalue weighted by atomic mass is 32.1. The summed E-state index contributed by atoms with van der Waals surface area (Å²) >= 11 is 1.65. The molecule has 2 heterocycles. The number of hydrogen-bond acceptors (Lipinski definition) is 4. The molecule has 0 bridgehead atoms. The van der Waals surface area contributed by atoms with Crippen molar-refractivity contribution in [1.29, 1.82) is 0 Å². The molecule has 5 heteroatoms. The average molecular weight is 273 g/mol. The Morgan fingerprint density at radius 2 is 2.16 bits per heavy atom. The molecule has 0 radical (unpaired) electrons. The first-order chi connectivity index (χ1) is 9.31. The van der Waals surface area contributed by atoms with Gasteiger partial charge in [0.25, 0.3) is 0 Å². The molecular formula is C14H15N3OS. The number of benzene rings is 1. The lowest BCUT2D eigenvalue weighted by molar-refractivity contribution is -0.124. The smallest absolute Gasteiger partial charge is 0.234 e. The van der Waals surface area contributed by atoms with Gasteiger partial charge in [-0.05, 0) is 0 Å². The maximum Gasteiger partial charge on any atom is 0.234 e. The molecule has 19 heavy (non-hydrogen) atoms. The zero-order valence-electron chi connectivity index (χ0n) is 10.5. The number of amides is 1. The number of thiazole rings is 1. The van der Waals surface area contributed by atoms with E-state index in [2.05, 4.69) is 32.7 Å². The van der Waals surface area contributed by atoms with E-state index in [9.17, 15) is 4.79 Å². The second-order valence-electron chi connectivity index (χ2n) is 4.57. The third kappa shape index (κ3) is 3.00. The molecule has 4 nitrogen and oxygen atoms in total. The van der Waals surface area contributed by atoms with Crippen molar-refractivity contribution >= 4 is 17.2 Å². The Morgan fingerprint density at radius 3 is 2.95 bits per heavy atom. The topological polar surface area (TPSA) is 45.2 Å². The second-order valence-corrected chi connectivity index (χ2v) is 5.43. The van der Waals surface area contributed by atoms with Crippen LogP contribution in [0.2, 0.25) is 0 Å². The summed E-state index contributed by atoms with van der Waals surface area (Å²) < 4.78 is 0. The van der Waals surface area contributed by atoms with Gasteiger partial charge in [0.15, 0.2) is 0 Å². The maximum absolute atomic E-state index is 11.3. The molecule has 98 valence electrons. The van der Waals surface area contributed by atoms with Crippen LogP contribution in [0, 0.1) is 0 Å². The number of aromatic nitrogens is 1. The molecule has 1 aliphatic heterocycles. The van der Waals surface area contributed by atoms with Crippen LogP contribution in [-0.4, -0.2) is 35.4 Å². The van der Waals surface area contributed by atoms with Crippen molar-refractivity contribution in [3.63, 3.8) is 0 Å². The molecule has 0 saturated carbocycles. The van der Waals surface area contributed by atoms with E-state index in [1.54, 1.807) is 11.3 Å². The Hall–Kier alpha value is -1.72. The van der Waals surface area contributed by atoms with Gasteiger partial charge in [-0.15, -0.1) is 11.3 Å². The summed E-state index contributed by atoms with van der Waals surface area (Å²) in [6.45, 7) is 2.84. The summed E-state index contributed by atoms with van der Waals surface area (Å²) in [6, 6.07) is 10.2. The number of piperazine rings is 1. The fourth-order valence-corrected chi connectivity index (χ4v) is 2.97. The monoisotopic (exact) mass is 273 g/mol. The average Bonchev–Trinajstić information content (AvgIpc) is 2.88. The minimum atomic E-state index is 0.102. The normalized spacial score (nSPS) is 16.3. The zero-order chi connectivity index (χ0) is 13.1. The fraction of sp³-hybridized carbons (Fsp3) is 0.286. The van der Waals surface area contributed by atoms with Gasteiger partial charge in [-0.25, -0.2) is 4.98 Å². The SMILES string of the molecule is O=C1CN(Cc2csc(-c3ccccc3)n2)CCN1. The largest absolute Gasteiger partial charge is 0.354 e. The lowest BCUT2D eigenvalue weighted by Crippen LogP contribution is -2.47. The molecule has 0 unspecified atom stereocenters. The van der Waals surface area contributed by atoms with Crippen LogP contribution < -0.4 is 5.32 Å². The Labute approximate surface area is 116 Å². The van der Waals surface area contributed by atoms with Crippen LogP contribution in [0.15, 0.2) is 35.7 Å². The summed E-state index contributed by atoms with van der Waals surface area (Å²) in [6.07, 6.45) is 0. The second kappa shape index (κ2) is 5.50. The van der Waals surface area contributed by atoms with E-state index >= 15 is 0 Å². The van der Waals surface area contributed by atoms with Gasteiger partial charge in [0.2, 0.25) is 5.91 Å². The van der Waals surface area contributed by atoms with Crippen LogP contribution in [0.5, 0.6) is 0 Å². The van der Waals surface area contributed by atoms with Crippen molar-refractivity contribution in [3.8, 4) is 10.6 Å². The van der Waals surface area contributed by atoms with Crippen LogP contribution >= 0.6 is 11.3 Å². The zero-order valence-corrected chi connectivity index (χ0v) is 11.3. The van der Waals surface area contributed by atoms with Crippen LogP contribution in [-0.2, 0) is 11.3 Å². The summed E-state index contributed by atoms with van der Waals surface area (Å²) in [5.41, 5.74) is 2.19. The minimum Gasteiger partial charge on any atom is -0.354 e. The highest BCUT2D eigenvalue weighted by molar-refractivity contribution is 7.13. The van der Waals surface area contributed by atoms with Gasteiger partial charge in [0, 0.05) is 30.6 Å². The highest BCUT2D eigenvalue weighted by Gasteiger charge is 2.17. The standard InChI is InChI=1S/C14H15N3OS/c18-13-9-17(7-6-15-13)8-12-10-19-14(16-12)11-4-2-1-3-5-11/h1-5,10H,6-9H2,(H,15,18). The predicted octanol–water partition coefficient (Wildman–Crippen LogP) is 1.74. The molecule has 1 aromatic carbocycles. The van der Waals surface area contributed by atoms with Crippen molar-refractivity contribution in [2.75, 3.05) is 19.6 Å². The highest BCUT2D eigenvalue weighted by Crippen LogP contribution is 2.23. The molecule has 1 fully saturated rings. The number of nitrogens with zero attached hydrogens (tertiary/aromatic N) is 2. The quantitative estimate of drug-likeness (QED) is 0.926. The molecule has 3 rings (SSSR count). The first-order valence-corrected chi connectivity index (χ1v) is 7.18. The van der Waals surface area contributed by atoms with E-state index < -0.39 is 0 Å². The van der Waals surface area contributed by atoms with Gasteiger partial charge in [-0.2, -0.15) is 0 Å². The minimum absolute atomic E-state index is 0.102. The first kappa shape index (κ1) is 12.3. The third-order valence-electron chi connectivity index (χ3n) is 3.08. The summed E-state index contributed by atoms with van der Waals surface area (Å²) in [5.74, 6) is 0.102. The molecule has 1 amide bonds. The van der Waals surface area contributed by atoms with Crippen molar-refractivity contribution in [3.05, 3.63) is 41.4 Å². The Bertz CT molecular complexity index is 567. The van der Waals surface area contributed by atoms with Gasteiger partial charge in [0.1, 0.15) is 5.01 Å². The number of carbonyl (C=O) groups is 1. The number of hydrogen-bond donors (Lipinski definition) is 1. The number of rotatable bonds is 3. The predicted molar refractivity (Wildman–Crippen MR) is 75.8 cm³/mol. The number of carbonyl (C=O) groups excluding carboxylic acids is 1. The Morgan fingerprint density at radius 1 is 1.32 bits per heavy atom. The fourth-order valence-electron chi connectivity index (χ4n) is 2.15. The van der Waals surface area contributed by atoms with E-state index in [4.69, 9.17) is 0 Å². The molecule has 0 aliphatic carbocycles. The van der Waals surface area contributed by atoms with Crippen LogP contribution in [0.4, 0.5) is 0 Å².